The van der Waals surface area contributed by atoms with Crippen LogP contribution in [-0.2, 0) is 19.1 Å². The van der Waals surface area contributed by atoms with Gasteiger partial charge in [0.25, 0.3) is 0 Å². The minimum Gasteiger partial charge on any atom is -0.453 e. The summed E-state index contributed by atoms with van der Waals surface area (Å²) in [6, 6.07) is 0. The molecule has 26 heavy (non-hydrogen) atoms. The van der Waals surface area contributed by atoms with E-state index in [2.05, 4.69) is 41.5 Å². The molecule has 6 atom stereocenters. The summed E-state index contributed by atoms with van der Waals surface area (Å²) in [6.45, 7) is 13.1. The quantitative estimate of drug-likeness (QED) is 0.536. The Morgan fingerprint density at radius 3 is 1.31 bits per heavy atom. The van der Waals surface area contributed by atoms with Gasteiger partial charge in [-0.2, -0.15) is 0 Å². The highest BCUT2D eigenvalue weighted by Gasteiger charge is 2.63. The van der Waals surface area contributed by atoms with Gasteiger partial charge in [-0.05, 0) is 50.4 Å². The fourth-order valence-electron chi connectivity index (χ4n) is 7.41. The third-order valence-corrected chi connectivity index (χ3v) is 8.89. The van der Waals surface area contributed by atoms with Crippen LogP contribution in [0.3, 0.4) is 0 Å². The lowest BCUT2D eigenvalue weighted by atomic mass is 9.70. The monoisotopic (exact) mass is 362 g/mol. The van der Waals surface area contributed by atoms with Gasteiger partial charge in [0.2, 0.25) is 0 Å². The molecule has 0 spiro atoms. The van der Waals surface area contributed by atoms with E-state index in [-0.39, 0.29) is 33.9 Å². The molecule has 0 radical (unpaired) electrons. The Kier molecular flexibility index (Phi) is 3.70. The summed E-state index contributed by atoms with van der Waals surface area (Å²) in [4.78, 5) is 25.2. The molecule has 4 fully saturated rings. The molecule has 0 aliphatic heterocycles. The van der Waals surface area contributed by atoms with Gasteiger partial charge in [0.1, 0.15) is 12.2 Å². The summed E-state index contributed by atoms with van der Waals surface area (Å²) in [6.07, 6.45) is 6.31. The first kappa shape index (κ1) is 18.3. The smallest absolute Gasteiger partial charge is 0.417 e. The van der Waals surface area contributed by atoms with Gasteiger partial charge in [-0.15, -0.1) is 0 Å². The van der Waals surface area contributed by atoms with Gasteiger partial charge in [-0.3, -0.25) is 0 Å². The molecule has 0 N–H and O–H groups in total. The number of hydrogen-bond acceptors (Lipinski definition) is 4. The highest BCUT2D eigenvalue weighted by atomic mass is 16.6. The zero-order chi connectivity index (χ0) is 19.1. The Bertz CT molecular complexity index is 585. The minimum atomic E-state index is -0.793. The second kappa shape index (κ2) is 5.26. The maximum absolute atomic E-state index is 12.6. The molecule has 146 valence electrons. The topological polar surface area (TPSA) is 52.6 Å². The number of ether oxygens (including phenoxy) is 2. The standard InChI is InChI=1S/C22H34O4/c1-19(2)13-7-9-21(5,11-13)17(19)25-15(23)16(24)26-18-20(3,4)14-8-10-22(18,6)12-14/h13-14,17-18H,7-12H2,1-6H3/t13-,14-,17-,18-,21+,22+/m0/s1. The zero-order valence-electron chi connectivity index (χ0n) is 17.2. The normalized spacial score (nSPS) is 47.2. The van der Waals surface area contributed by atoms with Crippen LogP contribution in [0.2, 0.25) is 0 Å². The molecule has 4 nitrogen and oxygen atoms in total. The Labute approximate surface area is 157 Å². The van der Waals surface area contributed by atoms with Gasteiger partial charge < -0.3 is 9.47 Å². The minimum absolute atomic E-state index is 0.00177. The summed E-state index contributed by atoms with van der Waals surface area (Å²) < 4.78 is 11.6. The van der Waals surface area contributed by atoms with Gasteiger partial charge >= 0.3 is 11.9 Å². The average Bonchev–Trinajstić information content (AvgIpc) is 3.21. The van der Waals surface area contributed by atoms with Crippen LogP contribution < -0.4 is 0 Å². The number of fused-ring (bicyclic) bond motifs is 4. The first-order valence-corrected chi connectivity index (χ1v) is 10.3. The van der Waals surface area contributed by atoms with Crippen LogP contribution >= 0.6 is 0 Å². The number of esters is 2. The largest absolute Gasteiger partial charge is 0.453 e. The van der Waals surface area contributed by atoms with Crippen LogP contribution in [0, 0.1) is 33.5 Å². The maximum Gasteiger partial charge on any atom is 0.417 e. The summed E-state index contributed by atoms with van der Waals surface area (Å²) in [7, 11) is 0. The van der Waals surface area contributed by atoms with E-state index in [1.165, 1.54) is 12.8 Å². The van der Waals surface area contributed by atoms with E-state index in [4.69, 9.17) is 9.47 Å². The summed E-state index contributed by atoms with van der Waals surface area (Å²) >= 11 is 0. The van der Waals surface area contributed by atoms with E-state index < -0.39 is 11.9 Å². The lowest BCUT2D eigenvalue weighted by molar-refractivity contribution is -0.190. The van der Waals surface area contributed by atoms with E-state index in [1.807, 2.05) is 0 Å². The number of carbonyl (C=O) groups is 2. The van der Waals surface area contributed by atoms with Gasteiger partial charge in [-0.25, -0.2) is 9.59 Å². The zero-order valence-corrected chi connectivity index (χ0v) is 17.2. The average molecular weight is 363 g/mol. The van der Waals surface area contributed by atoms with Gasteiger partial charge in [-0.1, -0.05) is 41.5 Å². The molecule has 4 heteroatoms. The van der Waals surface area contributed by atoms with Crippen molar-refractivity contribution in [3.8, 4) is 0 Å². The molecule has 4 saturated carbocycles. The van der Waals surface area contributed by atoms with E-state index in [9.17, 15) is 9.59 Å². The first-order valence-electron chi connectivity index (χ1n) is 10.3. The molecular weight excluding hydrogens is 328 g/mol. The van der Waals surface area contributed by atoms with Crippen LogP contribution in [0.1, 0.15) is 80.1 Å². The Morgan fingerprint density at radius 1 is 0.692 bits per heavy atom. The lowest BCUT2D eigenvalue weighted by Gasteiger charge is -2.42. The molecule has 0 aromatic carbocycles. The highest BCUT2D eigenvalue weighted by molar-refractivity contribution is 6.29. The number of carbonyl (C=O) groups excluding carboxylic acids is 2. The molecule has 4 aliphatic rings. The number of rotatable bonds is 2. The molecule has 0 unspecified atom stereocenters. The van der Waals surface area contributed by atoms with Gasteiger partial charge in [0.05, 0.1) is 0 Å². The van der Waals surface area contributed by atoms with Crippen molar-refractivity contribution in [1.29, 1.82) is 0 Å². The second-order valence-electron chi connectivity index (χ2n) is 11.4. The summed E-state index contributed by atoms with van der Waals surface area (Å²) in [5, 5.41) is 0. The van der Waals surface area contributed by atoms with Crippen molar-refractivity contribution in [2.24, 2.45) is 33.5 Å². The van der Waals surface area contributed by atoms with Crippen LogP contribution in [0.25, 0.3) is 0 Å². The Balaban J connectivity index is 1.46. The first-order chi connectivity index (χ1) is 11.9. The SMILES string of the molecule is CC1(C)[C@H]2CC[C@](C)(C2)[C@H]1OC(=O)C(=O)O[C@H]1C(C)(C)[C@H]2CC[C@]1(C)C2. The molecule has 4 aliphatic carbocycles. The molecule has 0 aromatic rings. The Morgan fingerprint density at radius 2 is 1.04 bits per heavy atom. The van der Waals surface area contributed by atoms with Crippen molar-refractivity contribution in [3.05, 3.63) is 0 Å². The van der Waals surface area contributed by atoms with Crippen LogP contribution in [-0.4, -0.2) is 24.1 Å². The molecule has 4 bridgehead atoms. The maximum atomic E-state index is 12.6. The molecule has 0 amide bonds. The molecular formula is C22H34O4. The molecule has 0 heterocycles. The van der Waals surface area contributed by atoms with Crippen molar-refractivity contribution < 1.29 is 19.1 Å². The molecule has 0 saturated heterocycles. The van der Waals surface area contributed by atoms with Crippen molar-refractivity contribution in [3.63, 3.8) is 0 Å². The second-order valence-corrected chi connectivity index (χ2v) is 11.4. The third-order valence-electron chi connectivity index (χ3n) is 8.89. The van der Waals surface area contributed by atoms with Gasteiger partial charge in [0, 0.05) is 21.7 Å². The predicted octanol–water partition coefficient (Wildman–Crippen LogP) is 4.50. The summed E-state index contributed by atoms with van der Waals surface area (Å²) in [5.41, 5.74) is -0.134. The van der Waals surface area contributed by atoms with Crippen molar-refractivity contribution in [2.75, 3.05) is 0 Å². The van der Waals surface area contributed by atoms with Crippen molar-refractivity contribution in [2.45, 2.75) is 92.3 Å². The fraction of sp³-hybridized carbons (Fsp3) is 0.909. The van der Waals surface area contributed by atoms with E-state index in [1.54, 1.807) is 0 Å². The van der Waals surface area contributed by atoms with Crippen LogP contribution in [0.4, 0.5) is 0 Å². The molecule has 0 aromatic heterocycles. The van der Waals surface area contributed by atoms with Crippen LogP contribution in [0.15, 0.2) is 0 Å². The fourth-order valence-corrected chi connectivity index (χ4v) is 7.41. The Hall–Kier alpha value is -1.06. The lowest BCUT2D eigenvalue weighted by Crippen LogP contribution is -2.47. The highest BCUT2D eigenvalue weighted by Crippen LogP contribution is 2.64. The van der Waals surface area contributed by atoms with E-state index in [0.29, 0.717) is 11.8 Å². The van der Waals surface area contributed by atoms with Crippen molar-refractivity contribution >= 4 is 11.9 Å². The number of hydrogen-bond donors (Lipinski definition) is 0. The van der Waals surface area contributed by atoms with Crippen LogP contribution in [0.5, 0.6) is 0 Å². The van der Waals surface area contributed by atoms with E-state index >= 15 is 0 Å². The van der Waals surface area contributed by atoms with Gasteiger partial charge in [0.15, 0.2) is 0 Å². The molecule has 4 rings (SSSR count). The summed E-state index contributed by atoms with van der Waals surface area (Å²) in [5.74, 6) is -0.437. The van der Waals surface area contributed by atoms with E-state index in [0.717, 1.165) is 25.7 Å². The third kappa shape index (κ3) is 2.32. The predicted molar refractivity (Wildman–Crippen MR) is 98.2 cm³/mol. The van der Waals surface area contributed by atoms with Crippen molar-refractivity contribution in [1.82, 2.24) is 0 Å².